The number of halogens is 1. The van der Waals surface area contributed by atoms with Gasteiger partial charge in [0.2, 0.25) is 5.91 Å². The van der Waals surface area contributed by atoms with Crippen LogP contribution in [0.15, 0.2) is 24.3 Å². The smallest absolute Gasteiger partial charge is 0.250 e. The Hall–Kier alpha value is -2.50. The molecule has 5 nitrogen and oxygen atoms in total. The Balaban J connectivity index is 2.01. The topological polar surface area (TPSA) is 76.3 Å². The summed E-state index contributed by atoms with van der Waals surface area (Å²) in [6.45, 7) is 5.00. The number of carbonyl (C=O) groups excluding carboxylic acids is 2. The number of carbonyl (C=O) groups is 2. The third kappa shape index (κ3) is 3.48. The maximum absolute atomic E-state index is 13.5. The van der Waals surface area contributed by atoms with Crippen molar-refractivity contribution in [2.45, 2.75) is 32.6 Å². The monoisotopic (exact) mass is 343 g/mol. The molecule has 25 heavy (non-hydrogen) atoms. The van der Waals surface area contributed by atoms with E-state index in [1.54, 1.807) is 12.1 Å². The van der Waals surface area contributed by atoms with Crippen LogP contribution >= 0.6 is 0 Å². The molecule has 0 radical (unpaired) electrons. The molecule has 0 saturated carbocycles. The van der Waals surface area contributed by atoms with Crippen LogP contribution in [0.5, 0.6) is 0 Å². The van der Waals surface area contributed by atoms with Crippen LogP contribution in [0.1, 0.15) is 48.7 Å². The highest BCUT2D eigenvalue weighted by molar-refractivity contribution is 5.97. The minimum absolute atomic E-state index is 0.0478. The van der Waals surface area contributed by atoms with E-state index in [0.29, 0.717) is 28.7 Å². The Kier molecular flexibility index (Phi) is 4.70. The van der Waals surface area contributed by atoms with Crippen LogP contribution in [-0.4, -0.2) is 34.8 Å². The number of nitrogens with zero attached hydrogens (tertiary/aromatic N) is 2. The van der Waals surface area contributed by atoms with Gasteiger partial charge < -0.3 is 10.6 Å². The molecule has 0 unspecified atom stereocenters. The summed E-state index contributed by atoms with van der Waals surface area (Å²) in [5, 5.41) is 0.545. The summed E-state index contributed by atoms with van der Waals surface area (Å²) in [6, 6.07) is 5.89. The lowest BCUT2D eigenvalue weighted by atomic mass is 9.90. The van der Waals surface area contributed by atoms with Crippen molar-refractivity contribution in [2.24, 2.45) is 11.7 Å². The van der Waals surface area contributed by atoms with Crippen LogP contribution in [0.2, 0.25) is 0 Å². The first kappa shape index (κ1) is 17.3. The quantitative estimate of drug-likeness (QED) is 0.931. The predicted molar refractivity (Wildman–Crippen MR) is 93.6 cm³/mol. The molecule has 2 heterocycles. The number of fused-ring (bicyclic) bond motifs is 1. The summed E-state index contributed by atoms with van der Waals surface area (Å²) < 4.78 is 13.5. The zero-order valence-corrected chi connectivity index (χ0v) is 14.5. The van der Waals surface area contributed by atoms with Crippen molar-refractivity contribution in [1.29, 1.82) is 0 Å². The van der Waals surface area contributed by atoms with Gasteiger partial charge in [-0.1, -0.05) is 13.8 Å². The van der Waals surface area contributed by atoms with E-state index in [1.165, 1.54) is 12.1 Å². The summed E-state index contributed by atoms with van der Waals surface area (Å²) in [5.41, 5.74) is 7.07. The molecule has 2 N–H and O–H groups in total. The number of hydrogen-bond acceptors (Lipinski definition) is 3. The molecular formula is C19H22FN3O2. The van der Waals surface area contributed by atoms with Gasteiger partial charge in [0, 0.05) is 30.3 Å². The number of pyridine rings is 1. The lowest BCUT2D eigenvalue weighted by Crippen LogP contribution is -2.41. The Bertz CT molecular complexity index is 835. The number of rotatable bonds is 3. The predicted octanol–water partition coefficient (Wildman–Crippen LogP) is 2.83. The van der Waals surface area contributed by atoms with Crippen LogP contribution in [0.3, 0.4) is 0 Å². The van der Waals surface area contributed by atoms with Gasteiger partial charge in [0.25, 0.3) is 5.91 Å². The zero-order valence-electron chi connectivity index (χ0n) is 14.5. The minimum Gasteiger partial charge on any atom is -0.366 e. The van der Waals surface area contributed by atoms with Crippen molar-refractivity contribution in [3.05, 3.63) is 41.3 Å². The lowest BCUT2D eigenvalue weighted by Gasteiger charge is -2.34. The third-order valence-electron chi connectivity index (χ3n) is 4.69. The molecule has 0 spiro atoms. The molecular weight excluding hydrogens is 321 g/mol. The number of hydrogen-bond donors (Lipinski definition) is 1. The number of primary amides is 1. The van der Waals surface area contributed by atoms with E-state index >= 15 is 0 Å². The Morgan fingerprint density at radius 1 is 1.32 bits per heavy atom. The molecule has 2 amide bonds. The van der Waals surface area contributed by atoms with Gasteiger partial charge >= 0.3 is 0 Å². The largest absolute Gasteiger partial charge is 0.366 e. The minimum atomic E-state index is -0.582. The van der Waals surface area contributed by atoms with E-state index in [0.717, 1.165) is 19.4 Å². The summed E-state index contributed by atoms with van der Waals surface area (Å²) in [5.74, 6) is -0.978. The summed E-state index contributed by atoms with van der Waals surface area (Å²) in [6.07, 6.45) is 1.69. The highest BCUT2D eigenvalue weighted by Gasteiger charge is 2.29. The van der Waals surface area contributed by atoms with E-state index < -0.39 is 5.91 Å². The van der Waals surface area contributed by atoms with Crippen LogP contribution in [-0.2, 0) is 4.79 Å². The number of piperidine rings is 1. The van der Waals surface area contributed by atoms with Crippen molar-refractivity contribution in [3.8, 4) is 0 Å². The zero-order chi connectivity index (χ0) is 18.1. The fraction of sp³-hybridized carbons (Fsp3) is 0.421. The maximum Gasteiger partial charge on any atom is 0.250 e. The Morgan fingerprint density at radius 3 is 2.76 bits per heavy atom. The SMILES string of the molecule is CC(C)C(=O)N1CCC[C@H](c2nc3ccc(F)cc3cc2C(N)=O)C1. The Morgan fingerprint density at radius 2 is 2.08 bits per heavy atom. The molecule has 3 rings (SSSR count). The second-order valence-corrected chi connectivity index (χ2v) is 6.90. The molecule has 1 aliphatic rings. The first-order valence-corrected chi connectivity index (χ1v) is 8.55. The average Bonchev–Trinajstić information content (AvgIpc) is 2.59. The standard InChI is InChI=1S/C19H22FN3O2/c1-11(2)19(25)23-7-3-4-12(10-23)17-15(18(21)24)9-13-8-14(20)5-6-16(13)22-17/h5-6,8-9,11-12H,3-4,7,10H2,1-2H3,(H2,21,24)/t12-/m0/s1. The van der Waals surface area contributed by atoms with Gasteiger partial charge in [-0.15, -0.1) is 0 Å². The fourth-order valence-electron chi connectivity index (χ4n) is 3.44. The molecule has 1 fully saturated rings. The van der Waals surface area contributed by atoms with Crippen molar-refractivity contribution < 1.29 is 14.0 Å². The molecule has 6 heteroatoms. The van der Waals surface area contributed by atoms with Gasteiger partial charge in [0.1, 0.15) is 5.82 Å². The molecule has 2 aromatic rings. The van der Waals surface area contributed by atoms with Crippen LogP contribution in [0, 0.1) is 11.7 Å². The number of nitrogens with two attached hydrogens (primary N) is 1. The summed E-state index contributed by atoms with van der Waals surface area (Å²) in [4.78, 5) is 30.7. The summed E-state index contributed by atoms with van der Waals surface area (Å²) in [7, 11) is 0. The van der Waals surface area contributed by atoms with Gasteiger partial charge in [0.05, 0.1) is 16.8 Å². The molecule has 1 atom stereocenters. The van der Waals surface area contributed by atoms with Gasteiger partial charge in [0.15, 0.2) is 0 Å². The van der Waals surface area contributed by atoms with E-state index in [1.807, 2.05) is 18.7 Å². The van der Waals surface area contributed by atoms with Gasteiger partial charge in [-0.25, -0.2) is 4.39 Å². The molecule has 132 valence electrons. The Labute approximate surface area is 146 Å². The van der Waals surface area contributed by atoms with E-state index in [-0.39, 0.29) is 23.6 Å². The molecule has 1 aromatic heterocycles. The van der Waals surface area contributed by atoms with Crippen molar-refractivity contribution in [2.75, 3.05) is 13.1 Å². The number of likely N-dealkylation sites (tertiary alicyclic amines) is 1. The fourth-order valence-corrected chi connectivity index (χ4v) is 3.44. The molecule has 1 aromatic carbocycles. The highest BCUT2D eigenvalue weighted by atomic mass is 19.1. The second kappa shape index (κ2) is 6.78. The maximum atomic E-state index is 13.5. The summed E-state index contributed by atoms with van der Waals surface area (Å²) >= 11 is 0. The number of amides is 2. The molecule has 0 bridgehead atoms. The van der Waals surface area contributed by atoms with E-state index in [4.69, 9.17) is 5.73 Å². The lowest BCUT2D eigenvalue weighted by molar-refractivity contribution is -0.135. The third-order valence-corrected chi connectivity index (χ3v) is 4.69. The second-order valence-electron chi connectivity index (χ2n) is 6.90. The number of aromatic nitrogens is 1. The van der Waals surface area contributed by atoms with E-state index in [9.17, 15) is 14.0 Å². The molecule has 1 aliphatic heterocycles. The van der Waals surface area contributed by atoms with Crippen molar-refractivity contribution in [1.82, 2.24) is 9.88 Å². The van der Waals surface area contributed by atoms with Crippen LogP contribution < -0.4 is 5.73 Å². The van der Waals surface area contributed by atoms with Crippen molar-refractivity contribution in [3.63, 3.8) is 0 Å². The molecule has 0 aliphatic carbocycles. The van der Waals surface area contributed by atoms with Gasteiger partial charge in [-0.3, -0.25) is 14.6 Å². The van der Waals surface area contributed by atoms with Gasteiger partial charge in [-0.05, 0) is 37.1 Å². The normalized spacial score (nSPS) is 17.9. The highest BCUT2D eigenvalue weighted by Crippen LogP contribution is 2.30. The van der Waals surface area contributed by atoms with Crippen molar-refractivity contribution >= 4 is 22.7 Å². The van der Waals surface area contributed by atoms with Crippen LogP contribution in [0.4, 0.5) is 4.39 Å². The van der Waals surface area contributed by atoms with Crippen LogP contribution in [0.25, 0.3) is 10.9 Å². The van der Waals surface area contributed by atoms with Gasteiger partial charge in [-0.2, -0.15) is 0 Å². The first-order chi connectivity index (χ1) is 11.9. The average molecular weight is 343 g/mol. The first-order valence-electron chi connectivity index (χ1n) is 8.55. The molecule has 1 saturated heterocycles. The van der Waals surface area contributed by atoms with E-state index in [2.05, 4.69) is 4.98 Å². The number of benzene rings is 1.